The molecule has 2 rings (SSSR count). The first-order valence-corrected chi connectivity index (χ1v) is 5.46. The minimum Gasteiger partial charge on any atom is -0.365 e. The van der Waals surface area contributed by atoms with E-state index in [-0.39, 0.29) is 0 Å². The summed E-state index contributed by atoms with van der Waals surface area (Å²) in [5, 5.41) is 3.21. The highest BCUT2D eigenvalue weighted by Crippen LogP contribution is 2.20. The lowest BCUT2D eigenvalue weighted by molar-refractivity contribution is 0.100. The van der Waals surface area contributed by atoms with Crippen molar-refractivity contribution in [1.82, 2.24) is 10.3 Å². The fraction of sp³-hybridized carbons (Fsp3) is 0.455. The molecule has 1 aliphatic rings. The van der Waals surface area contributed by atoms with Crippen molar-refractivity contribution >= 4 is 11.7 Å². The fourth-order valence-corrected chi connectivity index (χ4v) is 1.89. The third-order valence-electron chi connectivity index (χ3n) is 2.87. The first-order chi connectivity index (χ1) is 7.74. The van der Waals surface area contributed by atoms with E-state index < -0.39 is 5.91 Å². The summed E-state index contributed by atoms with van der Waals surface area (Å²) >= 11 is 0. The highest BCUT2D eigenvalue weighted by atomic mass is 16.1. The average Bonchev–Trinajstić information content (AvgIpc) is 2.23. The van der Waals surface area contributed by atoms with E-state index in [2.05, 4.69) is 22.1 Å². The predicted molar refractivity (Wildman–Crippen MR) is 62.4 cm³/mol. The molecule has 1 aromatic heterocycles. The number of aromatic nitrogens is 1. The maximum atomic E-state index is 11.3. The maximum Gasteiger partial charge on any atom is 0.252 e. The Labute approximate surface area is 94.6 Å². The van der Waals surface area contributed by atoms with Crippen LogP contribution in [0.3, 0.4) is 0 Å². The summed E-state index contributed by atoms with van der Waals surface area (Å²) in [4.78, 5) is 17.7. The number of rotatable bonds is 4. The quantitative estimate of drug-likeness (QED) is 0.748. The molecule has 1 fully saturated rings. The number of nitrogens with one attached hydrogen (secondary N) is 1. The second-order valence-corrected chi connectivity index (χ2v) is 3.84. The molecule has 0 saturated carbocycles. The van der Waals surface area contributed by atoms with E-state index in [1.54, 1.807) is 18.3 Å². The van der Waals surface area contributed by atoms with Crippen molar-refractivity contribution in [2.45, 2.75) is 13.0 Å². The summed E-state index contributed by atoms with van der Waals surface area (Å²) in [6, 6.07) is 3.87. The van der Waals surface area contributed by atoms with Crippen molar-refractivity contribution in [3.8, 4) is 0 Å². The van der Waals surface area contributed by atoms with E-state index in [9.17, 15) is 4.79 Å². The maximum absolute atomic E-state index is 11.3. The number of primary amides is 1. The summed E-state index contributed by atoms with van der Waals surface area (Å²) in [5.41, 5.74) is 5.84. The molecular weight excluding hydrogens is 204 g/mol. The number of amides is 1. The third-order valence-corrected chi connectivity index (χ3v) is 2.87. The summed E-state index contributed by atoms with van der Waals surface area (Å²) in [6.07, 6.45) is 1.69. The van der Waals surface area contributed by atoms with Crippen molar-refractivity contribution in [2.24, 2.45) is 5.73 Å². The Bertz CT molecular complexity index is 389. The van der Waals surface area contributed by atoms with Crippen LogP contribution in [0.1, 0.15) is 17.3 Å². The molecule has 86 valence electrons. The molecule has 0 aliphatic carbocycles. The second-order valence-electron chi connectivity index (χ2n) is 3.84. The lowest BCUT2D eigenvalue weighted by Crippen LogP contribution is -2.57. The van der Waals surface area contributed by atoms with Gasteiger partial charge in [0, 0.05) is 25.8 Å². The standard InChI is InChI=1S/C11H16N4O/c1-2-15(8-6-13-7-8)11-9(10(12)16)4-3-5-14-11/h3-5,8,13H,2,6-7H2,1H3,(H2,12,16). The number of carbonyl (C=O) groups excluding carboxylic acids is 1. The van der Waals surface area contributed by atoms with Gasteiger partial charge in [-0.15, -0.1) is 0 Å². The fourth-order valence-electron chi connectivity index (χ4n) is 1.89. The van der Waals surface area contributed by atoms with Gasteiger partial charge in [-0.1, -0.05) is 0 Å². The molecule has 1 aromatic rings. The van der Waals surface area contributed by atoms with E-state index in [4.69, 9.17) is 5.73 Å². The summed E-state index contributed by atoms with van der Waals surface area (Å²) in [6.45, 7) is 4.74. The molecule has 1 aliphatic heterocycles. The van der Waals surface area contributed by atoms with Gasteiger partial charge in [-0.3, -0.25) is 4.79 Å². The third kappa shape index (κ3) is 1.86. The van der Waals surface area contributed by atoms with Gasteiger partial charge in [0.1, 0.15) is 5.82 Å². The summed E-state index contributed by atoms with van der Waals surface area (Å²) < 4.78 is 0. The molecule has 5 nitrogen and oxygen atoms in total. The van der Waals surface area contributed by atoms with Crippen molar-refractivity contribution in [2.75, 3.05) is 24.5 Å². The van der Waals surface area contributed by atoms with Gasteiger partial charge in [0.2, 0.25) is 0 Å². The number of hydrogen-bond donors (Lipinski definition) is 2. The first-order valence-electron chi connectivity index (χ1n) is 5.46. The highest BCUT2D eigenvalue weighted by molar-refractivity contribution is 5.97. The van der Waals surface area contributed by atoms with Gasteiger partial charge < -0.3 is 16.0 Å². The number of nitrogens with zero attached hydrogens (tertiary/aromatic N) is 2. The molecule has 0 aromatic carbocycles. The van der Waals surface area contributed by atoms with Crippen LogP contribution in [0.25, 0.3) is 0 Å². The number of hydrogen-bond acceptors (Lipinski definition) is 4. The van der Waals surface area contributed by atoms with E-state index in [0.717, 1.165) is 19.6 Å². The van der Waals surface area contributed by atoms with Crippen LogP contribution in [-0.4, -0.2) is 36.6 Å². The van der Waals surface area contributed by atoms with Gasteiger partial charge in [0.05, 0.1) is 11.6 Å². The average molecular weight is 220 g/mol. The molecular formula is C11H16N4O. The van der Waals surface area contributed by atoms with Gasteiger partial charge in [-0.25, -0.2) is 4.98 Å². The Kier molecular flexibility index (Phi) is 3.05. The van der Waals surface area contributed by atoms with Crippen LogP contribution in [0.15, 0.2) is 18.3 Å². The monoisotopic (exact) mass is 220 g/mol. The lowest BCUT2D eigenvalue weighted by Gasteiger charge is -2.38. The van der Waals surface area contributed by atoms with Crippen molar-refractivity contribution in [1.29, 1.82) is 0 Å². The normalized spacial score (nSPS) is 15.6. The van der Waals surface area contributed by atoms with Gasteiger partial charge >= 0.3 is 0 Å². The zero-order valence-corrected chi connectivity index (χ0v) is 9.31. The van der Waals surface area contributed by atoms with Crippen LogP contribution < -0.4 is 16.0 Å². The smallest absolute Gasteiger partial charge is 0.252 e. The molecule has 2 heterocycles. The Morgan fingerprint density at radius 2 is 2.44 bits per heavy atom. The molecule has 3 N–H and O–H groups in total. The molecule has 0 spiro atoms. The van der Waals surface area contributed by atoms with E-state index >= 15 is 0 Å². The molecule has 16 heavy (non-hydrogen) atoms. The highest BCUT2D eigenvalue weighted by Gasteiger charge is 2.26. The molecule has 0 atom stereocenters. The first kappa shape index (κ1) is 10.9. The number of pyridine rings is 1. The number of carbonyl (C=O) groups is 1. The Hall–Kier alpha value is -1.62. The Morgan fingerprint density at radius 3 is 2.94 bits per heavy atom. The minimum absolute atomic E-state index is 0.415. The molecule has 0 unspecified atom stereocenters. The van der Waals surface area contributed by atoms with Crippen molar-refractivity contribution in [3.63, 3.8) is 0 Å². The predicted octanol–water partition coefficient (Wildman–Crippen LogP) is -0.0214. The molecule has 5 heteroatoms. The van der Waals surface area contributed by atoms with Gasteiger partial charge in [-0.2, -0.15) is 0 Å². The van der Waals surface area contributed by atoms with Gasteiger partial charge in [-0.05, 0) is 19.1 Å². The summed E-state index contributed by atoms with van der Waals surface area (Å²) in [5.74, 6) is 0.276. The molecule has 0 radical (unpaired) electrons. The van der Waals surface area contributed by atoms with Crippen LogP contribution in [0, 0.1) is 0 Å². The van der Waals surface area contributed by atoms with E-state index in [0.29, 0.717) is 17.4 Å². The van der Waals surface area contributed by atoms with Crippen LogP contribution >= 0.6 is 0 Å². The molecule has 1 saturated heterocycles. The van der Waals surface area contributed by atoms with Crippen LogP contribution in [0.2, 0.25) is 0 Å². The minimum atomic E-state index is -0.422. The van der Waals surface area contributed by atoms with Crippen molar-refractivity contribution in [3.05, 3.63) is 23.9 Å². The van der Waals surface area contributed by atoms with Crippen LogP contribution in [0.5, 0.6) is 0 Å². The Balaban J connectivity index is 2.32. The van der Waals surface area contributed by atoms with E-state index in [1.165, 1.54) is 0 Å². The number of likely N-dealkylation sites (N-methyl/N-ethyl adjacent to an activating group) is 1. The summed E-state index contributed by atoms with van der Waals surface area (Å²) in [7, 11) is 0. The lowest BCUT2D eigenvalue weighted by atomic mass is 10.1. The zero-order chi connectivity index (χ0) is 11.5. The largest absolute Gasteiger partial charge is 0.365 e. The van der Waals surface area contributed by atoms with Gasteiger partial charge in [0.15, 0.2) is 0 Å². The number of anilines is 1. The Morgan fingerprint density at radius 1 is 1.69 bits per heavy atom. The SMILES string of the molecule is CCN(c1ncccc1C(N)=O)C1CNC1. The second kappa shape index (κ2) is 4.49. The molecule has 1 amide bonds. The van der Waals surface area contributed by atoms with Gasteiger partial charge in [0.25, 0.3) is 5.91 Å². The van der Waals surface area contributed by atoms with Crippen molar-refractivity contribution < 1.29 is 4.79 Å². The zero-order valence-electron chi connectivity index (χ0n) is 9.31. The molecule has 0 bridgehead atoms. The van der Waals surface area contributed by atoms with Crippen LogP contribution in [0.4, 0.5) is 5.82 Å². The topological polar surface area (TPSA) is 71.2 Å². The van der Waals surface area contributed by atoms with E-state index in [1.807, 2.05) is 0 Å². The van der Waals surface area contributed by atoms with Crippen LogP contribution in [-0.2, 0) is 0 Å². The number of nitrogens with two attached hydrogens (primary N) is 1.